The number of carbonyl (C=O) groups excluding carboxylic acids is 1. The van der Waals surface area contributed by atoms with Crippen LogP contribution >= 0.6 is 0 Å². The molecule has 0 aliphatic heterocycles. The van der Waals surface area contributed by atoms with Gasteiger partial charge in [-0.15, -0.1) is 0 Å². The van der Waals surface area contributed by atoms with Gasteiger partial charge in [0.25, 0.3) is 5.91 Å². The lowest BCUT2D eigenvalue weighted by Crippen LogP contribution is -2.30. The van der Waals surface area contributed by atoms with Crippen LogP contribution in [0.4, 0.5) is 0 Å². The van der Waals surface area contributed by atoms with Crippen molar-refractivity contribution in [2.75, 3.05) is 5.75 Å². The Morgan fingerprint density at radius 3 is 1.81 bits per heavy atom. The lowest BCUT2D eigenvalue weighted by Gasteiger charge is -2.20. The van der Waals surface area contributed by atoms with E-state index in [1.807, 2.05) is 60.7 Å². The summed E-state index contributed by atoms with van der Waals surface area (Å²) in [4.78, 5) is 13.1. The zero-order valence-corrected chi connectivity index (χ0v) is 15.8. The van der Waals surface area contributed by atoms with Crippen LogP contribution in [0.3, 0.4) is 0 Å². The Morgan fingerprint density at radius 2 is 1.30 bits per heavy atom. The van der Waals surface area contributed by atoms with Gasteiger partial charge >= 0.3 is 0 Å². The maximum atomic E-state index is 13.0. The lowest BCUT2D eigenvalue weighted by atomic mass is 9.98. The molecular formula is C22H21NO3S. The number of sulfone groups is 1. The molecule has 0 heterocycles. The second-order valence-electron chi connectivity index (χ2n) is 6.13. The molecule has 1 amide bonds. The van der Waals surface area contributed by atoms with Gasteiger partial charge in [0.1, 0.15) is 0 Å². The number of hydrogen-bond donors (Lipinski definition) is 1. The van der Waals surface area contributed by atoms with Gasteiger partial charge in [-0.05, 0) is 23.3 Å². The maximum Gasteiger partial charge on any atom is 0.253 e. The van der Waals surface area contributed by atoms with E-state index in [1.54, 1.807) is 25.1 Å². The first-order chi connectivity index (χ1) is 13.0. The minimum absolute atomic E-state index is 0.0574. The quantitative estimate of drug-likeness (QED) is 0.704. The topological polar surface area (TPSA) is 63.2 Å². The molecule has 138 valence electrons. The molecule has 0 radical (unpaired) electrons. The van der Waals surface area contributed by atoms with Crippen molar-refractivity contribution < 1.29 is 13.2 Å². The van der Waals surface area contributed by atoms with Gasteiger partial charge in [-0.3, -0.25) is 4.79 Å². The lowest BCUT2D eigenvalue weighted by molar-refractivity contribution is 0.0939. The Bertz CT molecular complexity index is 976. The molecule has 0 saturated heterocycles. The van der Waals surface area contributed by atoms with Crippen molar-refractivity contribution in [3.05, 3.63) is 102 Å². The first kappa shape index (κ1) is 18.9. The first-order valence-electron chi connectivity index (χ1n) is 8.75. The van der Waals surface area contributed by atoms with Crippen molar-refractivity contribution in [2.24, 2.45) is 0 Å². The fraction of sp³-hybridized carbons (Fsp3) is 0.136. The molecule has 0 aliphatic rings. The van der Waals surface area contributed by atoms with Crippen LogP contribution in [0.2, 0.25) is 0 Å². The Balaban J connectivity index is 2.00. The predicted molar refractivity (Wildman–Crippen MR) is 106 cm³/mol. The molecule has 5 heteroatoms. The van der Waals surface area contributed by atoms with Gasteiger partial charge in [-0.1, -0.05) is 79.7 Å². The summed E-state index contributed by atoms with van der Waals surface area (Å²) in [6.07, 6.45) is 0. The van der Waals surface area contributed by atoms with E-state index in [0.717, 1.165) is 11.1 Å². The zero-order valence-electron chi connectivity index (χ0n) is 15.0. The molecule has 0 spiro atoms. The van der Waals surface area contributed by atoms with Crippen LogP contribution in [0.25, 0.3) is 0 Å². The molecule has 3 rings (SSSR count). The highest BCUT2D eigenvalue weighted by Gasteiger charge is 2.23. The SMILES string of the molecule is CCS(=O)(=O)c1ccccc1C(=O)NC(c1ccccc1)c1ccccc1. The fourth-order valence-electron chi connectivity index (χ4n) is 2.94. The molecule has 27 heavy (non-hydrogen) atoms. The van der Waals surface area contributed by atoms with Gasteiger partial charge in [0.2, 0.25) is 0 Å². The average molecular weight is 379 g/mol. The maximum absolute atomic E-state index is 13.0. The highest BCUT2D eigenvalue weighted by molar-refractivity contribution is 7.91. The summed E-state index contributed by atoms with van der Waals surface area (Å²) in [7, 11) is -3.50. The van der Waals surface area contributed by atoms with Crippen LogP contribution in [-0.2, 0) is 9.84 Å². The summed E-state index contributed by atoms with van der Waals surface area (Å²) in [5.41, 5.74) is 2.01. The number of carbonyl (C=O) groups is 1. The summed E-state index contributed by atoms with van der Waals surface area (Å²) in [6.45, 7) is 1.57. The third-order valence-electron chi connectivity index (χ3n) is 4.39. The third-order valence-corrected chi connectivity index (χ3v) is 6.17. The molecule has 0 aromatic heterocycles. The van der Waals surface area contributed by atoms with E-state index in [1.165, 1.54) is 6.07 Å². The summed E-state index contributed by atoms with van der Waals surface area (Å²) in [5, 5.41) is 3.00. The summed E-state index contributed by atoms with van der Waals surface area (Å²) in [6, 6.07) is 25.2. The van der Waals surface area contributed by atoms with E-state index in [4.69, 9.17) is 0 Å². The smallest absolute Gasteiger partial charge is 0.253 e. The van der Waals surface area contributed by atoms with Crippen LogP contribution in [0.15, 0.2) is 89.8 Å². The number of amides is 1. The van der Waals surface area contributed by atoms with Gasteiger partial charge in [-0.2, -0.15) is 0 Å². The number of hydrogen-bond acceptors (Lipinski definition) is 3. The molecule has 3 aromatic carbocycles. The molecule has 3 aromatic rings. The van der Waals surface area contributed by atoms with Gasteiger partial charge in [0.15, 0.2) is 9.84 Å². The van der Waals surface area contributed by atoms with Crippen molar-refractivity contribution in [1.29, 1.82) is 0 Å². The minimum Gasteiger partial charge on any atom is -0.341 e. The highest BCUT2D eigenvalue weighted by atomic mass is 32.2. The molecule has 0 unspecified atom stereocenters. The van der Waals surface area contributed by atoms with E-state index in [0.29, 0.717) is 0 Å². The molecular weight excluding hydrogens is 358 g/mol. The van der Waals surface area contributed by atoms with Crippen LogP contribution in [0, 0.1) is 0 Å². The van der Waals surface area contributed by atoms with Crippen molar-refractivity contribution in [3.8, 4) is 0 Å². The molecule has 0 bridgehead atoms. The fourth-order valence-corrected chi connectivity index (χ4v) is 4.03. The molecule has 0 atom stereocenters. The van der Waals surface area contributed by atoms with Crippen molar-refractivity contribution >= 4 is 15.7 Å². The van der Waals surface area contributed by atoms with Crippen LogP contribution in [-0.4, -0.2) is 20.1 Å². The van der Waals surface area contributed by atoms with E-state index in [9.17, 15) is 13.2 Å². The highest BCUT2D eigenvalue weighted by Crippen LogP contribution is 2.24. The van der Waals surface area contributed by atoms with E-state index in [-0.39, 0.29) is 22.3 Å². The van der Waals surface area contributed by atoms with E-state index >= 15 is 0 Å². The van der Waals surface area contributed by atoms with E-state index in [2.05, 4.69) is 5.32 Å². The molecule has 1 N–H and O–H groups in total. The van der Waals surface area contributed by atoms with Gasteiger partial charge < -0.3 is 5.32 Å². The Hall–Kier alpha value is -2.92. The van der Waals surface area contributed by atoms with Gasteiger partial charge in [0, 0.05) is 0 Å². The number of nitrogens with one attached hydrogen (secondary N) is 1. The molecule has 0 fully saturated rings. The summed E-state index contributed by atoms with van der Waals surface area (Å²) < 4.78 is 24.7. The number of rotatable bonds is 6. The Morgan fingerprint density at radius 1 is 0.815 bits per heavy atom. The largest absolute Gasteiger partial charge is 0.341 e. The predicted octanol–water partition coefficient (Wildman–Crippen LogP) is 4.00. The van der Waals surface area contributed by atoms with E-state index < -0.39 is 15.7 Å². The van der Waals surface area contributed by atoms with Crippen LogP contribution < -0.4 is 5.32 Å². The number of benzene rings is 3. The molecule has 0 aliphatic carbocycles. The van der Waals surface area contributed by atoms with Crippen molar-refractivity contribution in [1.82, 2.24) is 5.32 Å². The van der Waals surface area contributed by atoms with Crippen molar-refractivity contribution in [2.45, 2.75) is 17.9 Å². The van der Waals surface area contributed by atoms with Gasteiger partial charge in [-0.25, -0.2) is 8.42 Å². The monoisotopic (exact) mass is 379 g/mol. The second-order valence-corrected chi connectivity index (χ2v) is 8.37. The summed E-state index contributed by atoms with van der Waals surface area (Å²) >= 11 is 0. The van der Waals surface area contributed by atoms with Crippen LogP contribution in [0.5, 0.6) is 0 Å². The standard InChI is InChI=1S/C22H21NO3S/c1-2-27(25,26)20-16-10-9-15-19(20)22(24)23-21(17-11-5-3-6-12-17)18-13-7-4-8-14-18/h3-16,21H,2H2,1H3,(H,23,24). The van der Waals surface area contributed by atoms with Crippen molar-refractivity contribution in [3.63, 3.8) is 0 Å². The third kappa shape index (κ3) is 4.26. The molecule has 0 saturated carbocycles. The minimum atomic E-state index is -3.50. The average Bonchev–Trinajstić information content (AvgIpc) is 2.73. The Kier molecular flexibility index (Phi) is 5.72. The summed E-state index contributed by atoms with van der Waals surface area (Å²) in [5.74, 6) is -0.474. The Labute approximate surface area is 159 Å². The van der Waals surface area contributed by atoms with Gasteiger partial charge in [0.05, 0.1) is 22.3 Å². The van der Waals surface area contributed by atoms with Crippen LogP contribution in [0.1, 0.15) is 34.5 Å². The normalized spacial score (nSPS) is 11.3. The zero-order chi connectivity index (χ0) is 19.3. The second kappa shape index (κ2) is 8.18. The first-order valence-corrected chi connectivity index (χ1v) is 10.4. The molecule has 4 nitrogen and oxygen atoms in total.